The molecule has 0 spiro atoms. The monoisotopic (exact) mass is 293 g/mol. The van der Waals surface area contributed by atoms with Crippen LogP contribution in [0.3, 0.4) is 0 Å². The van der Waals surface area contributed by atoms with Gasteiger partial charge in [0, 0.05) is 17.1 Å². The summed E-state index contributed by atoms with van der Waals surface area (Å²) in [6.07, 6.45) is 0.888. The number of rotatable bonds is 5. The van der Waals surface area contributed by atoms with E-state index < -0.39 is 6.04 Å². The Morgan fingerprint density at radius 3 is 2.75 bits per heavy atom. The van der Waals surface area contributed by atoms with Gasteiger partial charge in [-0.2, -0.15) is 4.80 Å². The summed E-state index contributed by atoms with van der Waals surface area (Å²) < 4.78 is 0. The predicted molar refractivity (Wildman–Crippen MR) is 76.3 cm³/mol. The molecule has 2 aromatic rings. The van der Waals surface area contributed by atoms with Crippen molar-refractivity contribution >= 4 is 17.5 Å². The van der Waals surface area contributed by atoms with Crippen LogP contribution in [-0.2, 0) is 4.79 Å². The second kappa shape index (κ2) is 6.47. The van der Waals surface area contributed by atoms with Crippen LogP contribution in [-0.4, -0.2) is 32.7 Å². The van der Waals surface area contributed by atoms with Gasteiger partial charge >= 0.3 is 0 Å². The molecular weight excluding hydrogens is 278 g/mol. The van der Waals surface area contributed by atoms with E-state index in [9.17, 15) is 4.79 Å². The normalized spacial score (nSPS) is 12.2. The zero-order valence-corrected chi connectivity index (χ0v) is 12.1. The average molecular weight is 294 g/mol. The standard InChI is InChI=1S/C13H16ClN5O/c1-3-8-15-13(20)9(2)19-17-12(16-18-19)10-4-6-11(14)7-5-10/h4-7,9H,3,8H2,1-2H3,(H,15,20). The molecule has 0 aliphatic rings. The van der Waals surface area contributed by atoms with Crippen LogP contribution in [0.4, 0.5) is 0 Å². The molecule has 1 aromatic carbocycles. The summed E-state index contributed by atoms with van der Waals surface area (Å²) in [7, 11) is 0. The number of halogens is 1. The van der Waals surface area contributed by atoms with Crippen LogP contribution < -0.4 is 5.32 Å². The van der Waals surface area contributed by atoms with Gasteiger partial charge in [0.2, 0.25) is 11.7 Å². The maximum atomic E-state index is 11.8. The Morgan fingerprint density at radius 2 is 2.10 bits per heavy atom. The van der Waals surface area contributed by atoms with Gasteiger partial charge < -0.3 is 5.32 Å². The van der Waals surface area contributed by atoms with Crippen molar-refractivity contribution in [1.29, 1.82) is 0 Å². The third kappa shape index (κ3) is 3.33. The summed E-state index contributed by atoms with van der Waals surface area (Å²) in [6.45, 7) is 4.37. The first-order chi connectivity index (χ1) is 9.61. The van der Waals surface area contributed by atoms with E-state index in [0.29, 0.717) is 17.4 Å². The van der Waals surface area contributed by atoms with Crippen LogP contribution in [0, 0.1) is 0 Å². The molecule has 6 nitrogen and oxygen atoms in total. The summed E-state index contributed by atoms with van der Waals surface area (Å²) in [5.41, 5.74) is 0.807. The molecule has 0 bridgehead atoms. The van der Waals surface area contributed by atoms with Gasteiger partial charge in [0.05, 0.1) is 0 Å². The van der Waals surface area contributed by atoms with Crippen molar-refractivity contribution in [3.05, 3.63) is 29.3 Å². The highest BCUT2D eigenvalue weighted by Gasteiger charge is 2.18. The molecule has 7 heteroatoms. The largest absolute Gasteiger partial charge is 0.354 e. The van der Waals surface area contributed by atoms with Gasteiger partial charge in [-0.25, -0.2) is 0 Å². The van der Waals surface area contributed by atoms with E-state index in [-0.39, 0.29) is 5.91 Å². The molecule has 1 amide bonds. The first-order valence-electron chi connectivity index (χ1n) is 6.45. The summed E-state index contributed by atoms with van der Waals surface area (Å²) in [4.78, 5) is 13.2. The number of hydrogen-bond acceptors (Lipinski definition) is 4. The van der Waals surface area contributed by atoms with Crippen molar-refractivity contribution in [2.45, 2.75) is 26.3 Å². The molecule has 0 aliphatic heterocycles. The number of nitrogens with one attached hydrogen (secondary N) is 1. The fourth-order valence-electron chi connectivity index (χ4n) is 1.60. The number of benzene rings is 1. The Labute approximate surface area is 122 Å². The molecule has 0 saturated heterocycles. The van der Waals surface area contributed by atoms with Crippen molar-refractivity contribution in [3.63, 3.8) is 0 Å². The lowest BCUT2D eigenvalue weighted by molar-refractivity contribution is -0.124. The van der Waals surface area contributed by atoms with E-state index in [0.717, 1.165) is 12.0 Å². The minimum atomic E-state index is -0.491. The predicted octanol–water partition coefficient (Wildman–Crippen LogP) is 2.08. The highest BCUT2D eigenvalue weighted by Crippen LogP contribution is 2.17. The molecule has 1 aromatic heterocycles. The molecule has 1 N–H and O–H groups in total. The maximum absolute atomic E-state index is 11.8. The molecule has 1 atom stereocenters. The minimum Gasteiger partial charge on any atom is -0.354 e. The number of nitrogens with zero attached hydrogens (tertiary/aromatic N) is 4. The van der Waals surface area contributed by atoms with Gasteiger partial charge in [0.25, 0.3) is 0 Å². The fraction of sp³-hybridized carbons (Fsp3) is 0.385. The van der Waals surface area contributed by atoms with E-state index in [4.69, 9.17) is 11.6 Å². The second-order valence-electron chi connectivity index (χ2n) is 4.41. The molecule has 1 unspecified atom stereocenters. The molecular formula is C13H16ClN5O. The van der Waals surface area contributed by atoms with Crippen molar-refractivity contribution in [1.82, 2.24) is 25.5 Å². The van der Waals surface area contributed by atoms with Gasteiger partial charge in [-0.1, -0.05) is 18.5 Å². The number of tetrazole rings is 1. The molecule has 0 radical (unpaired) electrons. The van der Waals surface area contributed by atoms with Crippen LogP contribution in [0.15, 0.2) is 24.3 Å². The number of carbonyl (C=O) groups is 1. The van der Waals surface area contributed by atoms with Crippen molar-refractivity contribution < 1.29 is 4.79 Å². The van der Waals surface area contributed by atoms with Gasteiger partial charge in [-0.3, -0.25) is 4.79 Å². The Hall–Kier alpha value is -1.95. The number of amides is 1. The summed E-state index contributed by atoms with van der Waals surface area (Å²) in [6, 6.07) is 6.65. The zero-order chi connectivity index (χ0) is 14.5. The highest BCUT2D eigenvalue weighted by atomic mass is 35.5. The van der Waals surface area contributed by atoms with Crippen molar-refractivity contribution in [2.24, 2.45) is 0 Å². The lowest BCUT2D eigenvalue weighted by Crippen LogP contribution is -2.32. The quantitative estimate of drug-likeness (QED) is 0.916. The molecule has 0 fully saturated rings. The van der Waals surface area contributed by atoms with E-state index >= 15 is 0 Å². The van der Waals surface area contributed by atoms with Crippen LogP contribution in [0.25, 0.3) is 11.4 Å². The SMILES string of the molecule is CCCNC(=O)C(C)n1nnc(-c2ccc(Cl)cc2)n1. The molecule has 0 aliphatic carbocycles. The van der Waals surface area contributed by atoms with E-state index in [1.807, 2.05) is 19.1 Å². The lowest BCUT2D eigenvalue weighted by Gasteiger charge is -2.09. The molecule has 2 rings (SSSR count). The topological polar surface area (TPSA) is 72.7 Å². The first-order valence-corrected chi connectivity index (χ1v) is 6.82. The third-order valence-corrected chi connectivity index (χ3v) is 3.06. The maximum Gasteiger partial charge on any atom is 0.246 e. The molecule has 106 valence electrons. The average Bonchev–Trinajstić information content (AvgIpc) is 2.94. The number of hydrogen-bond donors (Lipinski definition) is 1. The Morgan fingerprint density at radius 1 is 1.40 bits per heavy atom. The van der Waals surface area contributed by atoms with Crippen molar-refractivity contribution in [3.8, 4) is 11.4 Å². The van der Waals surface area contributed by atoms with Gasteiger partial charge in [-0.05, 0) is 42.8 Å². The lowest BCUT2D eigenvalue weighted by atomic mass is 10.2. The first kappa shape index (κ1) is 14.5. The van der Waals surface area contributed by atoms with Gasteiger partial charge in [0.1, 0.15) is 6.04 Å². The molecule has 1 heterocycles. The van der Waals surface area contributed by atoms with E-state index in [1.165, 1.54) is 4.80 Å². The van der Waals surface area contributed by atoms with E-state index in [1.54, 1.807) is 19.1 Å². The third-order valence-electron chi connectivity index (χ3n) is 2.81. The Bertz CT molecular complexity index is 581. The minimum absolute atomic E-state index is 0.119. The number of aromatic nitrogens is 4. The van der Waals surface area contributed by atoms with Gasteiger partial charge in [0.15, 0.2) is 0 Å². The van der Waals surface area contributed by atoms with Crippen LogP contribution >= 0.6 is 11.6 Å². The van der Waals surface area contributed by atoms with Gasteiger partial charge in [-0.15, -0.1) is 10.2 Å². The summed E-state index contributed by atoms with van der Waals surface area (Å²) >= 11 is 5.83. The smallest absolute Gasteiger partial charge is 0.246 e. The summed E-state index contributed by atoms with van der Waals surface area (Å²) in [5.74, 6) is 0.351. The highest BCUT2D eigenvalue weighted by molar-refractivity contribution is 6.30. The Kier molecular flexibility index (Phi) is 4.68. The van der Waals surface area contributed by atoms with Crippen LogP contribution in [0.5, 0.6) is 0 Å². The van der Waals surface area contributed by atoms with Crippen LogP contribution in [0.2, 0.25) is 5.02 Å². The Balaban J connectivity index is 2.12. The van der Waals surface area contributed by atoms with Crippen molar-refractivity contribution in [2.75, 3.05) is 6.54 Å². The number of carbonyl (C=O) groups excluding carboxylic acids is 1. The van der Waals surface area contributed by atoms with E-state index in [2.05, 4.69) is 20.7 Å². The zero-order valence-electron chi connectivity index (χ0n) is 11.4. The second-order valence-corrected chi connectivity index (χ2v) is 4.84. The van der Waals surface area contributed by atoms with Crippen LogP contribution in [0.1, 0.15) is 26.3 Å². The molecule has 0 saturated carbocycles. The fourth-order valence-corrected chi connectivity index (χ4v) is 1.73. The molecule has 20 heavy (non-hydrogen) atoms. The summed E-state index contributed by atoms with van der Waals surface area (Å²) in [5, 5.41) is 15.6.